The molecule has 1 atom stereocenters. The first kappa shape index (κ1) is 13.1. The minimum atomic E-state index is -0.319. The standard InChI is InChI=1S/C13H22O3/c1-3-5-7-10-8-6-9-11(14)12(10)13(15)16-4-2/h10,14H,3-9H2,1-2H3. The van der Waals surface area contributed by atoms with Crippen LogP contribution in [0.2, 0.25) is 0 Å². The van der Waals surface area contributed by atoms with Crippen molar-refractivity contribution in [3.05, 3.63) is 11.3 Å². The van der Waals surface area contributed by atoms with Crippen LogP contribution in [-0.4, -0.2) is 17.7 Å². The molecule has 0 saturated heterocycles. The molecule has 3 nitrogen and oxygen atoms in total. The molecule has 0 fully saturated rings. The summed E-state index contributed by atoms with van der Waals surface area (Å²) < 4.78 is 5.01. The number of ether oxygens (including phenoxy) is 1. The molecule has 1 N–H and O–H groups in total. The van der Waals surface area contributed by atoms with Gasteiger partial charge in [-0.05, 0) is 32.1 Å². The Morgan fingerprint density at radius 1 is 1.50 bits per heavy atom. The Hall–Kier alpha value is -0.990. The second-order valence-corrected chi connectivity index (χ2v) is 4.31. The van der Waals surface area contributed by atoms with E-state index in [0.29, 0.717) is 18.6 Å². The van der Waals surface area contributed by atoms with Crippen molar-refractivity contribution in [2.75, 3.05) is 6.61 Å². The maximum Gasteiger partial charge on any atom is 0.337 e. The van der Waals surface area contributed by atoms with E-state index in [9.17, 15) is 9.90 Å². The van der Waals surface area contributed by atoms with Crippen LogP contribution in [-0.2, 0) is 9.53 Å². The number of aliphatic hydroxyl groups is 1. The molecule has 0 heterocycles. The van der Waals surface area contributed by atoms with Crippen LogP contribution < -0.4 is 0 Å². The minimum absolute atomic E-state index is 0.202. The molecule has 0 radical (unpaired) electrons. The molecule has 0 aromatic rings. The highest BCUT2D eigenvalue weighted by Gasteiger charge is 2.28. The molecule has 3 heteroatoms. The van der Waals surface area contributed by atoms with Gasteiger partial charge in [0.15, 0.2) is 0 Å². The topological polar surface area (TPSA) is 46.5 Å². The fourth-order valence-corrected chi connectivity index (χ4v) is 2.26. The maximum atomic E-state index is 11.7. The lowest BCUT2D eigenvalue weighted by molar-refractivity contribution is -0.139. The second-order valence-electron chi connectivity index (χ2n) is 4.31. The highest BCUT2D eigenvalue weighted by Crippen LogP contribution is 2.33. The summed E-state index contributed by atoms with van der Waals surface area (Å²) >= 11 is 0. The van der Waals surface area contributed by atoms with Crippen LogP contribution in [0.15, 0.2) is 11.3 Å². The molecule has 0 aromatic carbocycles. The third-order valence-electron chi connectivity index (χ3n) is 3.09. The van der Waals surface area contributed by atoms with Crippen molar-refractivity contribution in [1.82, 2.24) is 0 Å². The van der Waals surface area contributed by atoms with Gasteiger partial charge in [-0.1, -0.05) is 19.8 Å². The van der Waals surface area contributed by atoms with Crippen molar-refractivity contribution in [3.63, 3.8) is 0 Å². The zero-order valence-corrected chi connectivity index (χ0v) is 10.3. The van der Waals surface area contributed by atoms with E-state index in [-0.39, 0.29) is 17.6 Å². The first-order chi connectivity index (χ1) is 7.70. The van der Waals surface area contributed by atoms with Crippen LogP contribution in [0.25, 0.3) is 0 Å². The molecule has 1 aliphatic rings. The molecule has 0 saturated carbocycles. The Kier molecular flexibility index (Phi) is 5.36. The van der Waals surface area contributed by atoms with E-state index < -0.39 is 0 Å². The van der Waals surface area contributed by atoms with Gasteiger partial charge in [0.2, 0.25) is 0 Å². The van der Waals surface area contributed by atoms with Crippen LogP contribution >= 0.6 is 0 Å². The Balaban J connectivity index is 2.74. The van der Waals surface area contributed by atoms with Crippen LogP contribution in [0.1, 0.15) is 52.4 Å². The second kappa shape index (κ2) is 6.56. The molecule has 1 unspecified atom stereocenters. The number of hydrogen-bond acceptors (Lipinski definition) is 3. The average Bonchev–Trinajstić information content (AvgIpc) is 2.26. The summed E-state index contributed by atoms with van der Waals surface area (Å²) in [5, 5.41) is 9.81. The lowest BCUT2D eigenvalue weighted by atomic mass is 9.83. The average molecular weight is 226 g/mol. The van der Waals surface area contributed by atoms with Gasteiger partial charge in [-0.15, -0.1) is 0 Å². The van der Waals surface area contributed by atoms with Gasteiger partial charge < -0.3 is 9.84 Å². The molecule has 0 aliphatic heterocycles. The minimum Gasteiger partial charge on any atom is -0.512 e. The predicted octanol–water partition coefficient (Wildman–Crippen LogP) is 3.35. The Labute approximate surface area is 97.5 Å². The van der Waals surface area contributed by atoms with E-state index in [1.54, 1.807) is 6.92 Å². The molecule has 0 aromatic heterocycles. The summed E-state index contributed by atoms with van der Waals surface area (Å²) in [6.45, 7) is 4.30. The van der Waals surface area contributed by atoms with Crippen molar-refractivity contribution in [2.24, 2.45) is 5.92 Å². The fourth-order valence-electron chi connectivity index (χ4n) is 2.26. The summed E-state index contributed by atoms with van der Waals surface area (Å²) in [6, 6.07) is 0. The SMILES string of the molecule is CCCCC1CCCC(O)=C1C(=O)OCC. The number of allylic oxidation sites excluding steroid dienone is 1. The van der Waals surface area contributed by atoms with E-state index in [1.807, 2.05) is 0 Å². The van der Waals surface area contributed by atoms with Crippen molar-refractivity contribution in [2.45, 2.75) is 52.4 Å². The summed E-state index contributed by atoms with van der Waals surface area (Å²) in [7, 11) is 0. The maximum absolute atomic E-state index is 11.7. The molecular formula is C13H22O3. The van der Waals surface area contributed by atoms with Crippen LogP contribution in [0, 0.1) is 5.92 Å². The Morgan fingerprint density at radius 3 is 2.88 bits per heavy atom. The number of carbonyl (C=O) groups excluding carboxylic acids is 1. The highest BCUT2D eigenvalue weighted by molar-refractivity contribution is 5.89. The van der Waals surface area contributed by atoms with E-state index in [2.05, 4.69) is 6.92 Å². The highest BCUT2D eigenvalue weighted by atomic mass is 16.5. The predicted molar refractivity (Wildman–Crippen MR) is 63.2 cm³/mol. The third-order valence-corrected chi connectivity index (χ3v) is 3.09. The fraction of sp³-hybridized carbons (Fsp3) is 0.769. The Morgan fingerprint density at radius 2 is 2.25 bits per heavy atom. The number of hydrogen-bond donors (Lipinski definition) is 1. The monoisotopic (exact) mass is 226 g/mol. The van der Waals surface area contributed by atoms with Gasteiger partial charge in [0, 0.05) is 6.42 Å². The number of rotatable bonds is 5. The third kappa shape index (κ3) is 3.26. The molecule has 16 heavy (non-hydrogen) atoms. The lowest BCUT2D eigenvalue weighted by Gasteiger charge is -2.24. The number of unbranched alkanes of at least 4 members (excludes halogenated alkanes) is 1. The quantitative estimate of drug-likeness (QED) is 0.731. The molecule has 92 valence electrons. The zero-order valence-electron chi connectivity index (χ0n) is 10.3. The summed E-state index contributed by atoms with van der Waals surface area (Å²) in [5.41, 5.74) is 0.543. The van der Waals surface area contributed by atoms with Crippen LogP contribution in [0.5, 0.6) is 0 Å². The van der Waals surface area contributed by atoms with Crippen LogP contribution in [0.3, 0.4) is 0 Å². The van der Waals surface area contributed by atoms with E-state index >= 15 is 0 Å². The largest absolute Gasteiger partial charge is 0.512 e. The van der Waals surface area contributed by atoms with Gasteiger partial charge in [-0.2, -0.15) is 0 Å². The first-order valence-electron chi connectivity index (χ1n) is 6.29. The van der Waals surface area contributed by atoms with E-state index in [4.69, 9.17) is 4.74 Å². The van der Waals surface area contributed by atoms with E-state index in [0.717, 1.165) is 32.1 Å². The smallest absolute Gasteiger partial charge is 0.337 e. The molecular weight excluding hydrogens is 204 g/mol. The van der Waals surface area contributed by atoms with Crippen molar-refractivity contribution < 1.29 is 14.6 Å². The molecule has 1 rings (SSSR count). The number of esters is 1. The van der Waals surface area contributed by atoms with Crippen LogP contribution in [0.4, 0.5) is 0 Å². The number of aliphatic hydroxyl groups excluding tert-OH is 1. The van der Waals surface area contributed by atoms with Gasteiger partial charge in [-0.3, -0.25) is 0 Å². The van der Waals surface area contributed by atoms with Crippen molar-refractivity contribution in [1.29, 1.82) is 0 Å². The van der Waals surface area contributed by atoms with Gasteiger partial charge in [0.25, 0.3) is 0 Å². The van der Waals surface area contributed by atoms with Gasteiger partial charge in [0.05, 0.1) is 12.2 Å². The normalized spacial score (nSPS) is 21.0. The Bertz CT molecular complexity index is 268. The molecule has 0 spiro atoms. The lowest BCUT2D eigenvalue weighted by Crippen LogP contribution is -2.21. The molecule has 1 aliphatic carbocycles. The van der Waals surface area contributed by atoms with Crippen molar-refractivity contribution >= 4 is 5.97 Å². The van der Waals surface area contributed by atoms with E-state index in [1.165, 1.54) is 0 Å². The summed E-state index contributed by atoms with van der Waals surface area (Å²) in [6.07, 6.45) is 5.79. The van der Waals surface area contributed by atoms with Crippen molar-refractivity contribution in [3.8, 4) is 0 Å². The zero-order chi connectivity index (χ0) is 12.0. The summed E-state index contributed by atoms with van der Waals surface area (Å²) in [5.74, 6) is 0.138. The summed E-state index contributed by atoms with van der Waals surface area (Å²) in [4.78, 5) is 11.7. The molecule has 0 amide bonds. The molecule has 0 bridgehead atoms. The van der Waals surface area contributed by atoms with Gasteiger partial charge in [0.1, 0.15) is 5.76 Å². The first-order valence-corrected chi connectivity index (χ1v) is 6.29. The van der Waals surface area contributed by atoms with Gasteiger partial charge in [-0.25, -0.2) is 4.79 Å². The number of carbonyl (C=O) groups is 1. The van der Waals surface area contributed by atoms with Gasteiger partial charge >= 0.3 is 5.97 Å².